The smallest absolute Gasteiger partial charge is 0.314 e. The molecule has 2 rings (SSSR count). The zero-order valence-corrected chi connectivity index (χ0v) is 9.62. The maximum absolute atomic E-state index is 10.9. The number of halogens is 1. The molecule has 0 amide bonds. The van der Waals surface area contributed by atoms with Crippen LogP contribution in [0.15, 0.2) is 6.07 Å². The molecule has 16 heavy (non-hydrogen) atoms. The zero-order chi connectivity index (χ0) is 11.7. The summed E-state index contributed by atoms with van der Waals surface area (Å²) in [5.41, 5.74) is 0.558. The highest BCUT2D eigenvalue weighted by molar-refractivity contribution is 6.29. The van der Waals surface area contributed by atoms with Crippen LogP contribution < -0.4 is 5.32 Å². The number of aromatic nitrogens is 1. The molecule has 0 spiro atoms. The number of rotatable bonds is 3. The predicted octanol–water partition coefficient (Wildman–Crippen LogP) is 2.92. The Hall–Kier alpha value is -1.36. The van der Waals surface area contributed by atoms with Crippen LogP contribution in [-0.4, -0.2) is 15.9 Å². The first-order chi connectivity index (χ1) is 7.58. The summed E-state index contributed by atoms with van der Waals surface area (Å²) in [7, 11) is 0. The van der Waals surface area contributed by atoms with Crippen molar-refractivity contribution in [3.8, 4) is 0 Å². The first-order valence-corrected chi connectivity index (χ1v) is 5.54. The van der Waals surface area contributed by atoms with Gasteiger partial charge in [-0.1, -0.05) is 11.6 Å². The van der Waals surface area contributed by atoms with Gasteiger partial charge >= 0.3 is 5.69 Å². The number of hydrogen-bond donors (Lipinski definition) is 1. The van der Waals surface area contributed by atoms with Gasteiger partial charge in [0.1, 0.15) is 5.15 Å². The van der Waals surface area contributed by atoms with Crippen LogP contribution in [0.25, 0.3) is 0 Å². The van der Waals surface area contributed by atoms with Gasteiger partial charge in [-0.3, -0.25) is 10.1 Å². The van der Waals surface area contributed by atoms with E-state index in [-0.39, 0.29) is 10.8 Å². The van der Waals surface area contributed by atoms with Crippen molar-refractivity contribution >= 4 is 23.1 Å². The molecule has 0 atom stereocenters. The molecule has 86 valence electrons. The molecular weight excluding hydrogens is 230 g/mol. The molecule has 5 nitrogen and oxygen atoms in total. The van der Waals surface area contributed by atoms with Crippen LogP contribution in [0.3, 0.4) is 0 Å². The number of nitrogens with one attached hydrogen (secondary N) is 1. The van der Waals surface area contributed by atoms with Gasteiger partial charge < -0.3 is 5.32 Å². The molecule has 0 saturated heterocycles. The molecule has 1 aromatic rings. The maximum atomic E-state index is 10.9. The van der Waals surface area contributed by atoms with Gasteiger partial charge in [0.2, 0.25) is 5.82 Å². The van der Waals surface area contributed by atoms with Crippen molar-refractivity contribution in [3.63, 3.8) is 0 Å². The van der Waals surface area contributed by atoms with E-state index in [4.69, 9.17) is 11.6 Å². The van der Waals surface area contributed by atoms with Crippen molar-refractivity contribution < 1.29 is 4.92 Å². The Morgan fingerprint density at radius 1 is 1.62 bits per heavy atom. The molecule has 0 bridgehead atoms. The third kappa shape index (κ3) is 2.09. The molecule has 1 saturated carbocycles. The number of anilines is 1. The Kier molecular flexibility index (Phi) is 2.96. The Morgan fingerprint density at radius 2 is 2.31 bits per heavy atom. The van der Waals surface area contributed by atoms with Crippen LogP contribution in [0, 0.1) is 17.0 Å². The summed E-state index contributed by atoms with van der Waals surface area (Å²) in [5, 5.41) is 14.3. The van der Waals surface area contributed by atoms with Crippen LogP contribution >= 0.6 is 11.6 Å². The molecule has 0 unspecified atom stereocenters. The van der Waals surface area contributed by atoms with Crippen molar-refractivity contribution in [2.24, 2.45) is 0 Å². The normalized spacial score (nSPS) is 15.6. The minimum absolute atomic E-state index is 0.0244. The van der Waals surface area contributed by atoms with E-state index < -0.39 is 4.92 Å². The van der Waals surface area contributed by atoms with Crippen LogP contribution in [0.1, 0.15) is 24.8 Å². The molecule has 0 aromatic carbocycles. The average molecular weight is 242 g/mol. The Morgan fingerprint density at radius 3 is 2.81 bits per heavy atom. The summed E-state index contributed by atoms with van der Waals surface area (Å²) in [6, 6.07) is 1.80. The van der Waals surface area contributed by atoms with Crippen molar-refractivity contribution in [1.82, 2.24) is 4.98 Å². The first kappa shape index (κ1) is 11.1. The van der Waals surface area contributed by atoms with Crippen LogP contribution in [0.4, 0.5) is 11.5 Å². The summed E-state index contributed by atoms with van der Waals surface area (Å²) in [5.74, 6) is 0.291. The van der Waals surface area contributed by atoms with E-state index >= 15 is 0 Å². The van der Waals surface area contributed by atoms with E-state index in [9.17, 15) is 10.1 Å². The molecule has 0 aliphatic heterocycles. The highest BCUT2D eigenvalue weighted by atomic mass is 35.5. The summed E-state index contributed by atoms with van der Waals surface area (Å²) in [6.45, 7) is 1.66. The molecular formula is C10H12ClN3O2. The lowest BCUT2D eigenvalue weighted by atomic mass is 9.93. The first-order valence-electron chi connectivity index (χ1n) is 5.16. The predicted molar refractivity (Wildman–Crippen MR) is 61.9 cm³/mol. The summed E-state index contributed by atoms with van der Waals surface area (Å²) in [4.78, 5) is 14.5. The van der Waals surface area contributed by atoms with Crippen molar-refractivity contribution in [1.29, 1.82) is 0 Å². The SMILES string of the molecule is Cc1cc(Cl)nc(NC2CCC2)c1[N+](=O)[O-]. The molecule has 6 heteroatoms. The maximum Gasteiger partial charge on any atom is 0.314 e. The highest BCUT2D eigenvalue weighted by Crippen LogP contribution is 2.32. The summed E-state index contributed by atoms with van der Waals surface area (Å²) < 4.78 is 0. The van der Waals surface area contributed by atoms with E-state index in [0.717, 1.165) is 19.3 Å². The Balaban J connectivity index is 2.35. The van der Waals surface area contributed by atoms with Gasteiger partial charge in [0, 0.05) is 11.6 Å². The summed E-state index contributed by atoms with van der Waals surface area (Å²) >= 11 is 5.80. The minimum atomic E-state index is -0.417. The van der Waals surface area contributed by atoms with E-state index in [1.54, 1.807) is 6.92 Å². The monoisotopic (exact) mass is 241 g/mol. The van der Waals surface area contributed by atoms with Crippen LogP contribution in [0.2, 0.25) is 5.15 Å². The van der Waals surface area contributed by atoms with Gasteiger partial charge in [0.05, 0.1) is 4.92 Å². The molecule has 0 radical (unpaired) electrons. The molecule has 1 aliphatic carbocycles. The Bertz CT molecular complexity index is 432. The van der Waals surface area contributed by atoms with Gasteiger partial charge in [0.15, 0.2) is 0 Å². The van der Waals surface area contributed by atoms with Gasteiger partial charge in [-0.15, -0.1) is 0 Å². The molecule has 1 heterocycles. The topological polar surface area (TPSA) is 68.1 Å². The number of hydrogen-bond acceptors (Lipinski definition) is 4. The minimum Gasteiger partial charge on any atom is -0.362 e. The number of pyridine rings is 1. The largest absolute Gasteiger partial charge is 0.362 e. The fourth-order valence-corrected chi connectivity index (χ4v) is 1.95. The third-order valence-electron chi connectivity index (χ3n) is 2.78. The fourth-order valence-electron chi connectivity index (χ4n) is 1.70. The van der Waals surface area contributed by atoms with Crippen LogP contribution in [-0.2, 0) is 0 Å². The lowest BCUT2D eigenvalue weighted by Crippen LogP contribution is -2.28. The Labute approximate surface area is 98.0 Å². The lowest BCUT2D eigenvalue weighted by Gasteiger charge is -2.26. The second kappa shape index (κ2) is 4.25. The molecule has 1 N–H and O–H groups in total. The van der Waals surface area contributed by atoms with E-state index in [2.05, 4.69) is 10.3 Å². The molecule has 1 aliphatic rings. The van der Waals surface area contributed by atoms with Gasteiger partial charge in [-0.2, -0.15) is 0 Å². The van der Waals surface area contributed by atoms with Crippen molar-refractivity contribution in [3.05, 3.63) is 26.9 Å². The average Bonchev–Trinajstić information content (AvgIpc) is 2.09. The van der Waals surface area contributed by atoms with E-state index in [1.807, 2.05) is 0 Å². The standard InChI is InChI=1S/C10H12ClN3O2/c1-6-5-8(11)13-10(9(6)14(15)16)12-7-3-2-4-7/h5,7H,2-4H2,1H3,(H,12,13). The number of nitro groups is 1. The quantitative estimate of drug-likeness (QED) is 0.502. The van der Waals surface area contributed by atoms with Crippen molar-refractivity contribution in [2.75, 3.05) is 5.32 Å². The van der Waals surface area contributed by atoms with Crippen LogP contribution in [0.5, 0.6) is 0 Å². The molecule has 1 aromatic heterocycles. The van der Waals surface area contributed by atoms with E-state index in [1.165, 1.54) is 6.07 Å². The lowest BCUT2D eigenvalue weighted by molar-refractivity contribution is -0.384. The fraction of sp³-hybridized carbons (Fsp3) is 0.500. The summed E-state index contributed by atoms with van der Waals surface area (Å²) in [6.07, 6.45) is 3.22. The van der Waals surface area contributed by atoms with E-state index in [0.29, 0.717) is 17.4 Å². The van der Waals surface area contributed by atoms with Gasteiger partial charge in [-0.05, 0) is 32.3 Å². The van der Waals surface area contributed by atoms with Gasteiger partial charge in [0.25, 0.3) is 0 Å². The van der Waals surface area contributed by atoms with Gasteiger partial charge in [-0.25, -0.2) is 4.98 Å². The third-order valence-corrected chi connectivity index (χ3v) is 2.97. The molecule has 1 fully saturated rings. The van der Waals surface area contributed by atoms with Crippen molar-refractivity contribution in [2.45, 2.75) is 32.2 Å². The highest BCUT2D eigenvalue weighted by Gasteiger charge is 2.25. The number of aryl methyl sites for hydroxylation is 1. The zero-order valence-electron chi connectivity index (χ0n) is 8.86. The number of nitrogens with zero attached hydrogens (tertiary/aromatic N) is 2. The second-order valence-electron chi connectivity index (χ2n) is 3.99. The second-order valence-corrected chi connectivity index (χ2v) is 4.38.